The molecule has 0 amide bonds. The summed E-state index contributed by atoms with van der Waals surface area (Å²) in [5.41, 5.74) is 5.51. The van der Waals surface area contributed by atoms with Crippen LogP contribution in [-0.2, 0) is 10.0 Å². The highest BCUT2D eigenvalue weighted by Crippen LogP contribution is 2.19. The van der Waals surface area contributed by atoms with Crippen LogP contribution in [-0.4, -0.2) is 14.5 Å². The van der Waals surface area contributed by atoms with Crippen molar-refractivity contribution in [3.05, 3.63) is 24.0 Å². The summed E-state index contributed by atoms with van der Waals surface area (Å²) in [6.45, 7) is 1.88. The molecular formula is C12H15FN2O2S. The van der Waals surface area contributed by atoms with E-state index in [0.717, 1.165) is 18.6 Å². The Hall–Kier alpha value is -1.58. The molecule has 0 aliphatic rings. The molecule has 0 spiro atoms. The van der Waals surface area contributed by atoms with Gasteiger partial charge in [-0.05, 0) is 24.6 Å². The smallest absolute Gasteiger partial charge is 0.243 e. The molecule has 98 valence electrons. The van der Waals surface area contributed by atoms with Crippen LogP contribution in [0.2, 0.25) is 0 Å². The number of anilines is 1. The third-order valence-corrected chi connectivity index (χ3v) is 3.87. The van der Waals surface area contributed by atoms with Gasteiger partial charge in [-0.15, -0.1) is 6.42 Å². The fourth-order valence-corrected chi connectivity index (χ4v) is 2.79. The van der Waals surface area contributed by atoms with Crippen molar-refractivity contribution in [1.82, 2.24) is 4.72 Å². The molecule has 0 radical (unpaired) electrons. The Balaban J connectivity index is 3.07. The molecule has 0 aliphatic heterocycles. The summed E-state index contributed by atoms with van der Waals surface area (Å²) < 4.78 is 39.4. The molecule has 0 fully saturated rings. The number of benzene rings is 1. The van der Waals surface area contributed by atoms with E-state index in [4.69, 9.17) is 12.2 Å². The van der Waals surface area contributed by atoms with Gasteiger partial charge in [-0.25, -0.2) is 12.8 Å². The van der Waals surface area contributed by atoms with Crippen molar-refractivity contribution in [2.75, 3.05) is 5.73 Å². The zero-order chi connectivity index (χ0) is 13.8. The Morgan fingerprint density at radius 3 is 2.78 bits per heavy atom. The molecule has 1 aromatic rings. The third-order valence-electron chi connectivity index (χ3n) is 2.34. The third kappa shape index (κ3) is 3.45. The maximum Gasteiger partial charge on any atom is 0.243 e. The van der Waals surface area contributed by atoms with Crippen LogP contribution in [0, 0.1) is 18.2 Å². The summed E-state index contributed by atoms with van der Waals surface area (Å²) >= 11 is 0. The van der Waals surface area contributed by atoms with Crippen molar-refractivity contribution < 1.29 is 12.8 Å². The van der Waals surface area contributed by atoms with E-state index in [1.165, 1.54) is 6.07 Å². The van der Waals surface area contributed by atoms with Crippen LogP contribution in [0.3, 0.4) is 0 Å². The molecule has 0 saturated carbocycles. The summed E-state index contributed by atoms with van der Waals surface area (Å²) in [6.07, 6.45) is 6.47. The highest BCUT2D eigenvalue weighted by atomic mass is 32.2. The second-order valence-electron chi connectivity index (χ2n) is 3.81. The minimum atomic E-state index is -3.90. The first-order chi connectivity index (χ1) is 8.40. The van der Waals surface area contributed by atoms with E-state index in [-0.39, 0.29) is 10.6 Å². The summed E-state index contributed by atoms with van der Waals surface area (Å²) in [7, 11) is -3.90. The molecule has 3 N–H and O–H groups in total. The SMILES string of the molecule is C#CC(CCC)NS(=O)(=O)c1cc(F)ccc1N. The van der Waals surface area contributed by atoms with E-state index in [9.17, 15) is 12.8 Å². The van der Waals surface area contributed by atoms with E-state index in [0.29, 0.717) is 6.42 Å². The number of terminal acetylenes is 1. The molecule has 1 rings (SSSR count). The van der Waals surface area contributed by atoms with Gasteiger partial charge >= 0.3 is 0 Å². The van der Waals surface area contributed by atoms with Crippen molar-refractivity contribution in [2.45, 2.75) is 30.7 Å². The van der Waals surface area contributed by atoms with Gasteiger partial charge in [0.1, 0.15) is 10.7 Å². The lowest BCUT2D eigenvalue weighted by molar-refractivity contribution is 0.562. The monoisotopic (exact) mass is 270 g/mol. The lowest BCUT2D eigenvalue weighted by Crippen LogP contribution is -2.34. The second kappa shape index (κ2) is 5.85. The largest absolute Gasteiger partial charge is 0.398 e. The minimum absolute atomic E-state index is 0.0174. The molecule has 0 heterocycles. The molecule has 1 aromatic carbocycles. The van der Waals surface area contributed by atoms with Crippen LogP contribution in [0.4, 0.5) is 10.1 Å². The van der Waals surface area contributed by atoms with Gasteiger partial charge < -0.3 is 5.73 Å². The van der Waals surface area contributed by atoms with E-state index >= 15 is 0 Å². The Bertz CT molecular complexity index is 564. The number of rotatable bonds is 5. The molecule has 1 unspecified atom stereocenters. The van der Waals surface area contributed by atoms with Gasteiger partial charge in [0.05, 0.1) is 11.7 Å². The number of sulfonamides is 1. The van der Waals surface area contributed by atoms with Crippen molar-refractivity contribution in [1.29, 1.82) is 0 Å². The highest BCUT2D eigenvalue weighted by Gasteiger charge is 2.21. The summed E-state index contributed by atoms with van der Waals surface area (Å²) in [5.74, 6) is 1.67. The molecule has 18 heavy (non-hydrogen) atoms. The molecular weight excluding hydrogens is 255 g/mol. The predicted octanol–water partition coefficient (Wildman–Crippen LogP) is 1.49. The van der Waals surface area contributed by atoms with Gasteiger partial charge in [0.2, 0.25) is 10.0 Å². The second-order valence-corrected chi connectivity index (χ2v) is 5.49. The van der Waals surface area contributed by atoms with Crippen LogP contribution in [0.1, 0.15) is 19.8 Å². The van der Waals surface area contributed by atoms with E-state index in [2.05, 4.69) is 10.6 Å². The van der Waals surface area contributed by atoms with Crippen LogP contribution in [0.25, 0.3) is 0 Å². The topological polar surface area (TPSA) is 72.2 Å². The fraction of sp³-hybridized carbons (Fsp3) is 0.333. The zero-order valence-electron chi connectivity index (χ0n) is 9.98. The lowest BCUT2D eigenvalue weighted by atomic mass is 10.2. The lowest BCUT2D eigenvalue weighted by Gasteiger charge is -2.13. The number of nitrogens with two attached hydrogens (primary N) is 1. The van der Waals surface area contributed by atoms with E-state index < -0.39 is 21.9 Å². The summed E-state index contributed by atoms with van der Waals surface area (Å²) in [6, 6.07) is 2.55. The van der Waals surface area contributed by atoms with Gasteiger partial charge in [0.25, 0.3) is 0 Å². The maximum absolute atomic E-state index is 13.1. The molecule has 0 bridgehead atoms. The zero-order valence-corrected chi connectivity index (χ0v) is 10.8. The first kappa shape index (κ1) is 14.5. The maximum atomic E-state index is 13.1. The Labute approximate surface area is 106 Å². The van der Waals surface area contributed by atoms with E-state index in [1.54, 1.807) is 0 Å². The van der Waals surface area contributed by atoms with Crippen molar-refractivity contribution >= 4 is 15.7 Å². The molecule has 6 heteroatoms. The molecule has 0 aliphatic carbocycles. The van der Waals surface area contributed by atoms with Gasteiger partial charge in [-0.1, -0.05) is 19.3 Å². The number of hydrogen-bond donors (Lipinski definition) is 2. The Morgan fingerprint density at radius 2 is 2.22 bits per heavy atom. The normalized spacial score (nSPS) is 12.9. The number of halogens is 1. The molecule has 0 saturated heterocycles. The molecule has 4 nitrogen and oxygen atoms in total. The van der Waals surface area contributed by atoms with Crippen LogP contribution >= 0.6 is 0 Å². The molecule has 1 atom stereocenters. The molecule has 0 aromatic heterocycles. The average Bonchev–Trinajstić information content (AvgIpc) is 2.31. The first-order valence-electron chi connectivity index (χ1n) is 5.44. The average molecular weight is 270 g/mol. The predicted molar refractivity (Wildman–Crippen MR) is 68.7 cm³/mol. The number of nitrogens with one attached hydrogen (secondary N) is 1. The van der Waals surface area contributed by atoms with Crippen LogP contribution in [0.5, 0.6) is 0 Å². The minimum Gasteiger partial charge on any atom is -0.398 e. The van der Waals surface area contributed by atoms with E-state index in [1.807, 2.05) is 6.92 Å². The van der Waals surface area contributed by atoms with Gasteiger partial charge in [0, 0.05) is 0 Å². The Kier molecular flexibility index (Phi) is 4.70. The van der Waals surface area contributed by atoms with Crippen LogP contribution < -0.4 is 10.5 Å². The van der Waals surface area contributed by atoms with Crippen LogP contribution in [0.15, 0.2) is 23.1 Å². The first-order valence-corrected chi connectivity index (χ1v) is 6.92. The summed E-state index contributed by atoms with van der Waals surface area (Å²) in [4.78, 5) is -0.293. The van der Waals surface area contributed by atoms with Gasteiger partial charge in [0.15, 0.2) is 0 Å². The van der Waals surface area contributed by atoms with Gasteiger partial charge in [-0.3, -0.25) is 0 Å². The highest BCUT2D eigenvalue weighted by molar-refractivity contribution is 7.89. The Morgan fingerprint density at radius 1 is 1.56 bits per heavy atom. The van der Waals surface area contributed by atoms with Crippen molar-refractivity contribution in [3.63, 3.8) is 0 Å². The van der Waals surface area contributed by atoms with Gasteiger partial charge in [-0.2, -0.15) is 4.72 Å². The fourth-order valence-electron chi connectivity index (χ4n) is 1.46. The number of hydrogen-bond acceptors (Lipinski definition) is 3. The summed E-state index contributed by atoms with van der Waals surface area (Å²) in [5, 5.41) is 0. The number of nitrogen functional groups attached to an aromatic ring is 1. The van der Waals surface area contributed by atoms with Crippen molar-refractivity contribution in [2.24, 2.45) is 0 Å². The standard InChI is InChI=1S/C12H15FN2O2S/c1-3-5-10(4-2)15-18(16,17)12-8-9(13)6-7-11(12)14/h2,6-8,10,15H,3,5,14H2,1H3. The van der Waals surface area contributed by atoms with Crippen molar-refractivity contribution in [3.8, 4) is 12.3 Å². The quantitative estimate of drug-likeness (QED) is 0.629.